The molecule has 0 spiro atoms. The summed E-state index contributed by atoms with van der Waals surface area (Å²) in [6.07, 6.45) is 0.0357. The second-order valence-electron chi connectivity index (χ2n) is 6.61. The summed E-state index contributed by atoms with van der Waals surface area (Å²) in [4.78, 5) is 3.18. The number of morpholine rings is 1. The van der Waals surface area contributed by atoms with Gasteiger partial charge in [-0.2, -0.15) is 0 Å². The number of aromatic nitrogens is 3. The van der Waals surface area contributed by atoms with Crippen LogP contribution in [0.15, 0.2) is 29.4 Å². The Labute approximate surface area is 154 Å². The molecule has 1 saturated heterocycles. The largest absolute Gasteiger partial charge is 0.391 e. The Balaban J connectivity index is 1.42. The van der Waals surface area contributed by atoms with Gasteiger partial charge in [0.05, 0.1) is 28.5 Å². The molecule has 1 fully saturated rings. The Morgan fingerprint density at radius 3 is 2.84 bits per heavy atom. The summed E-state index contributed by atoms with van der Waals surface area (Å²) in [5.74, 6) is 0.602. The molecular formula is C17H22N4O2S2. The van der Waals surface area contributed by atoms with Gasteiger partial charge in [0.2, 0.25) is 4.96 Å². The number of hydrogen-bond acceptors (Lipinski definition) is 7. The summed E-state index contributed by atoms with van der Waals surface area (Å²) < 4.78 is 9.03. The van der Waals surface area contributed by atoms with E-state index in [1.165, 1.54) is 4.70 Å². The van der Waals surface area contributed by atoms with Crippen molar-refractivity contribution in [2.45, 2.75) is 37.3 Å². The van der Waals surface area contributed by atoms with Crippen molar-refractivity contribution in [1.29, 1.82) is 0 Å². The molecule has 25 heavy (non-hydrogen) atoms. The van der Waals surface area contributed by atoms with Crippen molar-refractivity contribution in [3.05, 3.63) is 24.3 Å². The fourth-order valence-corrected chi connectivity index (χ4v) is 5.29. The number of thioether (sulfide) groups is 1. The van der Waals surface area contributed by atoms with Crippen LogP contribution in [0.5, 0.6) is 0 Å². The molecule has 0 saturated carbocycles. The maximum Gasteiger partial charge on any atom is 0.217 e. The van der Waals surface area contributed by atoms with Gasteiger partial charge in [-0.3, -0.25) is 9.30 Å². The van der Waals surface area contributed by atoms with Crippen molar-refractivity contribution >= 4 is 38.3 Å². The van der Waals surface area contributed by atoms with Crippen LogP contribution in [-0.4, -0.2) is 68.3 Å². The molecule has 0 aliphatic carbocycles. The van der Waals surface area contributed by atoms with Gasteiger partial charge in [-0.15, -0.1) is 10.2 Å². The van der Waals surface area contributed by atoms with Crippen LogP contribution in [0.4, 0.5) is 0 Å². The second kappa shape index (κ2) is 7.20. The first-order valence-corrected chi connectivity index (χ1v) is 10.3. The van der Waals surface area contributed by atoms with Gasteiger partial charge in [0.1, 0.15) is 0 Å². The van der Waals surface area contributed by atoms with Gasteiger partial charge in [0.25, 0.3) is 0 Å². The summed E-state index contributed by atoms with van der Waals surface area (Å²) >= 11 is 3.20. The van der Waals surface area contributed by atoms with Crippen molar-refractivity contribution in [3.63, 3.8) is 0 Å². The number of rotatable bonds is 5. The van der Waals surface area contributed by atoms with Crippen LogP contribution in [0.3, 0.4) is 0 Å². The van der Waals surface area contributed by atoms with Crippen LogP contribution in [0.1, 0.15) is 13.8 Å². The van der Waals surface area contributed by atoms with E-state index in [4.69, 9.17) is 4.74 Å². The summed E-state index contributed by atoms with van der Waals surface area (Å²) in [5.41, 5.74) is 1.13. The molecule has 0 bridgehead atoms. The van der Waals surface area contributed by atoms with Gasteiger partial charge >= 0.3 is 0 Å². The highest BCUT2D eigenvalue weighted by Crippen LogP contribution is 2.29. The minimum absolute atomic E-state index is 0.219. The normalized spacial score (nSPS) is 23.5. The van der Waals surface area contributed by atoms with Crippen molar-refractivity contribution in [3.8, 4) is 0 Å². The predicted molar refractivity (Wildman–Crippen MR) is 102 cm³/mol. The van der Waals surface area contributed by atoms with E-state index in [1.54, 1.807) is 23.1 Å². The Bertz CT molecular complexity index is 855. The lowest BCUT2D eigenvalue weighted by atomic mass is 10.2. The van der Waals surface area contributed by atoms with Crippen LogP contribution in [0, 0.1) is 0 Å². The fourth-order valence-electron chi connectivity index (χ4n) is 3.40. The Kier molecular flexibility index (Phi) is 4.97. The third-order valence-corrected chi connectivity index (χ3v) is 6.37. The van der Waals surface area contributed by atoms with Gasteiger partial charge in [-0.25, -0.2) is 0 Å². The van der Waals surface area contributed by atoms with Crippen LogP contribution in [-0.2, 0) is 4.74 Å². The number of aliphatic hydroxyl groups excluding tert-OH is 1. The third-order valence-electron chi connectivity index (χ3n) is 4.28. The van der Waals surface area contributed by atoms with E-state index < -0.39 is 6.10 Å². The quantitative estimate of drug-likeness (QED) is 0.689. The van der Waals surface area contributed by atoms with Crippen molar-refractivity contribution in [1.82, 2.24) is 19.5 Å². The molecule has 1 aliphatic rings. The highest BCUT2D eigenvalue weighted by atomic mass is 32.2. The monoisotopic (exact) mass is 378 g/mol. The van der Waals surface area contributed by atoms with Crippen LogP contribution in [0.25, 0.3) is 15.2 Å². The third kappa shape index (κ3) is 3.68. The van der Waals surface area contributed by atoms with Crippen molar-refractivity contribution < 1.29 is 9.84 Å². The minimum Gasteiger partial charge on any atom is -0.391 e. The molecule has 1 N–H and O–H groups in total. The number of benzene rings is 1. The molecule has 4 rings (SSSR count). The molecule has 2 aromatic heterocycles. The summed E-state index contributed by atoms with van der Waals surface area (Å²) in [6, 6.07) is 8.24. The number of β-amino-alcohol motifs (C(OH)–C–C–N with tert-alkyl or cyclic N) is 1. The number of nitrogens with zero attached hydrogens (tertiary/aromatic N) is 4. The Hall–Kier alpha value is -1.19. The second-order valence-corrected chi connectivity index (χ2v) is 8.61. The standard InChI is InChI=1S/C17H22N4O2S2/c1-11-7-20(8-12(2)23-11)9-13(22)10-24-16-18-19-17-21(16)14-5-3-4-6-15(14)25-17/h3-6,11-13,22H,7-10H2,1-2H3/t11-,12-,13+/m1/s1. The highest BCUT2D eigenvalue weighted by molar-refractivity contribution is 7.99. The van der Waals surface area contributed by atoms with Crippen LogP contribution >= 0.6 is 23.1 Å². The first-order chi connectivity index (χ1) is 12.1. The maximum absolute atomic E-state index is 10.5. The summed E-state index contributed by atoms with van der Waals surface area (Å²) in [6.45, 7) is 6.57. The predicted octanol–water partition coefficient (Wildman–Crippen LogP) is 2.51. The first-order valence-electron chi connectivity index (χ1n) is 8.51. The van der Waals surface area contributed by atoms with Gasteiger partial charge in [0.15, 0.2) is 5.16 Å². The van der Waals surface area contributed by atoms with E-state index in [-0.39, 0.29) is 12.2 Å². The van der Waals surface area contributed by atoms with E-state index in [9.17, 15) is 5.11 Å². The lowest BCUT2D eigenvalue weighted by Crippen LogP contribution is -2.48. The van der Waals surface area contributed by atoms with Gasteiger partial charge in [-0.05, 0) is 26.0 Å². The number of thiazole rings is 1. The average Bonchev–Trinajstić information content (AvgIpc) is 3.11. The number of ether oxygens (including phenoxy) is 1. The van der Waals surface area contributed by atoms with E-state index in [2.05, 4.69) is 45.5 Å². The smallest absolute Gasteiger partial charge is 0.217 e. The zero-order valence-corrected chi connectivity index (χ0v) is 16.0. The molecule has 1 aromatic carbocycles. The van der Waals surface area contributed by atoms with E-state index in [0.29, 0.717) is 12.3 Å². The summed E-state index contributed by atoms with van der Waals surface area (Å²) in [7, 11) is 0. The molecule has 3 atom stereocenters. The molecular weight excluding hydrogens is 356 g/mol. The molecule has 6 nitrogen and oxygen atoms in total. The summed E-state index contributed by atoms with van der Waals surface area (Å²) in [5, 5.41) is 19.9. The Morgan fingerprint density at radius 1 is 1.28 bits per heavy atom. The van der Waals surface area contributed by atoms with E-state index >= 15 is 0 Å². The van der Waals surface area contributed by atoms with Crippen molar-refractivity contribution in [2.75, 3.05) is 25.4 Å². The number of para-hydroxylation sites is 1. The molecule has 3 heterocycles. The average molecular weight is 379 g/mol. The van der Waals surface area contributed by atoms with E-state index in [0.717, 1.165) is 28.7 Å². The van der Waals surface area contributed by atoms with Gasteiger partial charge < -0.3 is 9.84 Å². The SMILES string of the molecule is C[C@@H]1CN(C[C@H](O)CSc2nnc3sc4ccccc4n23)C[C@@H](C)O1. The molecule has 1 aliphatic heterocycles. The fraction of sp³-hybridized carbons (Fsp3) is 0.529. The van der Waals surface area contributed by atoms with Crippen molar-refractivity contribution in [2.24, 2.45) is 0 Å². The Morgan fingerprint density at radius 2 is 2.04 bits per heavy atom. The molecule has 3 aromatic rings. The maximum atomic E-state index is 10.5. The molecule has 134 valence electrons. The lowest BCUT2D eigenvalue weighted by Gasteiger charge is -2.36. The molecule has 8 heteroatoms. The lowest BCUT2D eigenvalue weighted by molar-refractivity contribution is -0.0750. The van der Waals surface area contributed by atoms with Gasteiger partial charge in [0, 0.05) is 25.4 Å². The first kappa shape index (κ1) is 17.2. The molecule has 0 amide bonds. The highest BCUT2D eigenvalue weighted by Gasteiger charge is 2.24. The number of aliphatic hydroxyl groups is 1. The van der Waals surface area contributed by atoms with Crippen LogP contribution in [0.2, 0.25) is 0 Å². The number of fused-ring (bicyclic) bond motifs is 3. The zero-order chi connectivity index (χ0) is 17.4. The molecule has 0 radical (unpaired) electrons. The number of hydrogen-bond donors (Lipinski definition) is 1. The van der Waals surface area contributed by atoms with Gasteiger partial charge in [-0.1, -0.05) is 35.2 Å². The minimum atomic E-state index is -0.403. The zero-order valence-electron chi connectivity index (χ0n) is 14.3. The van der Waals surface area contributed by atoms with E-state index in [1.807, 2.05) is 12.1 Å². The van der Waals surface area contributed by atoms with Crippen LogP contribution < -0.4 is 0 Å². The molecule has 0 unspecified atom stereocenters. The topological polar surface area (TPSA) is 62.9 Å².